The molecular formula is C18H34F2O2. The molecule has 0 aliphatic heterocycles. The summed E-state index contributed by atoms with van der Waals surface area (Å²) in [5.74, 6) is -1.67. The summed E-state index contributed by atoms with van der Waals surface area (Å²) in [5.41, 5.74) is 0.0244. The molecule has 0 aromatic carbocycles. The fourth-order valence-corrected chi connectivity index (χ4v) is 2.64. The highest BCUT2D eigenvalue weighted by molar-refractivity contribution is 4.96. The summed E-state index contributed by atoms with van der Waals surface area (Å²) in [4.78, 5) is 0. The number of halogens is 2. The van der Waals surface area contributed by atoms with E-state index in [9.17, 15) is 8.78 Å². The first kappa shape index (κ1) is 19.8. The number of rotatable bonds is 11. The van der Waals surface area contributed by atoms with Crippen LogP contribution in [-0.4, -0.2) is 29.8 Å². The molecule has 132 valence electrons. The molecule has 1 unspecified atom stereocenters. The molecular weight excluding hydrogens is 286 g/mol. The highest BCUT2D eigenvalue weighted by atomic mass is 19.3. The molecule has 0 saturated heterocycles. The van der Waals surface area contributed by atoms with Gasteiger partial charge in [-0.05, 0) is 49.4 Å². The summed E-state index contributed by atoms with van der Waals surface area (Å²) in [5, 5.41) is 8.68. The number of hydrogen-bond donors (Lipinski definition) is 1. The fourth-order valence-electron chi connectivity index (χ4n) is 2.64. The summed E-state index contributed by atoms with van der Waals surface area (Å²) in [6, 6.07) is 0. The maximum Gasteiger partial charge on any atom is 0.270 e. The number of aliphatic hydroxyl groups excluding tert-OH is 1. The minimum atomic E-state index is -2.97. The molecule has 1 saturated carbocycles. The largest absolute Gasteiger partial charge is 0.390 e. The molecule has 4 heteroatoms. The van der Waals surface area contributed by atoms with Gasteiger partial charge < -0.3 is 9.84 Å². The van der Waals surface area contributed by atoms with Crippen LogP contribution in [0.4, 0.5) is 8.78 Å². The molecule has 1 fully saturated rings. The van der Waals surface area contributed by atoms with E-state index in [1.807, 2.05) is 13.8 Å². The molecule has 0 aromatic rings. The Hall–Kier alpha value is -0.220. The molecule has 2 nitrogen and oxygen atoms in total. The summed E-state index contributed by atoms with van der Waals surface area (Å²) >= 11 is 0. The average Bonchev–Trinajstić information content (AvgIpc) is 3.22. The van der Waals surface area contributed by atoms with Crippen molar-refractivity contribution in [2.75, 3.05) is 13.2 Å². The lowest BCUT2D eigenvalue weighted by atomic mass is 9.90. The van der Waals surface area contributed by atoms with Gasteiger partial charge in [0.05, 0.1) is 12.2 Å². The molecule has 1 aliphatic rings. The molecule has 0 aromatic heterocycles. The van der Waals surface area contributed by atoms with Gasteiger partial charge in [0.2, 0.25) is 0 Å². The maximum absolute atomic E-state index is 13.2. The minimum absolute atomic E-state index is 0.0244. The van der Waals surface area contributed by atoms with Gasteiger partial charge in [-0.15, -0.1) is 0 Å². The van der Waals surface area contributed by atoms with Crippen LogP contribution in [0.1, 0.15) is 66.7 Å². The van der Waals surface area contributed by atoms with Crippen molar-refractivity contribution in [3.8, 4) is 0 Å². The van der Waals surface area contributed by atoms with E-state index < -0.39 is 12.5 Å². The van der Waals surface area contributed by atoms with E-state index >= 15 is 0 Å². The van der Waals surface area contributed by atoms with Gasteiger partial charge in [-0.2, -0.15) is 0 Å². The molecule has 0 bridgehead atoms. The van der Waals surface area contributed by atoms with Gasteiger partial charge in [-0.1, -0.05) is 34.6 Å². The first-order valence-electron chi connectivity index (χ1n) is 8.73. The highest BCUT2D eigenvalue weighted by Gasteiger charge is 2.44. The van der Waals surface area contributed by atoms with Crippen molar-refractivity contribution < 1.29 is 18.6 Å². The van der Waals surface area contributed by atoms with Crippen molar-refractivity contribution in [3.63, 3.8) is 0 Å². The van der Waals surface area contributed by atoms with Crippen LogP contribution >= 0.6 is 0 Å². The minimum Gasteiger partial charge on any atom is -0.390 e. The molecule has 1 rings (SSSR count). The quantitative estimate of drug-likeness (QED) is 0.587. The number of alkyl halides is 2. The van der Waals surface area contributed by atoms with Crippen molar-refractivity contribution in [2.24, 2.45) is 23.7 Å². The summed E-state index contributed by atoms with van der Waals surface area (Å²) in [6.45, 7) is 10.0. The van der Waals surface area contributed by atoms with Crippen LogP contribution in [0.25, 0.3) is 0 Å². The smallest absolute Gasteiger partial charge is 0.270 e. The highest BCUT2D eigenvalue weighted by Crippen LogP contribution is 2.45. The van der Waals surface area contributed by atoms with Crippen LogP contribution in [0, 0.1) is 23.7 Å². The van der Waals surface area contributed by atoms with Crippen LogP contribution in [-0.2, 0) is 4.74 Å². The first-order valence-corrected chi connectivity index (χ1v) is 8.73. The van der Waals surface area contributed by atoms with Gasteiger partial charge in [-0.3, -0.25) is 0 Å². The topological polar surface area (TPSA) is 29.5 Å². The van der Waals surface area contributed by atoms with Crippen molar-refractivity contribution >= 4 is 0 Å². The van der Waals surface area contributed by atoms with E-state index in [4.69, 9.17) is 9.84 Å². The number of aliphatic hydroxyl groups is 1. The van der Waals surface area contributed by atoms with Gasteiger partial charge in [0.25, 0.3) is 5.92 Å². The van der Waals surface area contributed by atoms with E-state index in [0.29, 0.717) is 18.4 Å². The van der Waals surface area contributed by atoms with Crippen molar-refractivity contribution in [1.82, 2.24) is 0 Å². The van der Waals surface area contributed by atoms with E-state index in [1.54, 1.807) is 0 Å². The predicted molar refractivity (Wildman–Crippen MR) is 86.1 cm³/mol. The third kappa shape index (κ3) is 6.49. The third-order valence-electron chi connectivity index (χ3n) is 5.48. The van der Waals surface area contributed by atoms with Crippen LogP contribution in [0.15, 0.2) is 0 Å². The van der Waals surface area contributed by atoms with Gasteiger partial charge in [0.1, 0.15) is 6.61 Å². The average molecular weight is 320 g/mol. The lowest BCUT2D eigenvalue weighted by Gasteiger charge is -2.27. The normalized spacial score (nSPS) is 21.7. The van der Waals surface area contributed by atoms with E-state index in [2.05, 4.69) is 20.8 Å². The van der Waals surface area contributed by atoms with Gasteiger partial charge in [0.15, 0.2) is 0 Å². The fraction of sp³-hybridized carbons (Fsp3) is 1.00. The molecule has 0 amide bonds. The second-order valence-corrected chi connectivity index (χ2v) is 7.93. The van der Waals surface area contributed by atoms with Crippen molar-refractivity contribution in [1.29, 1.82) is 0 Å². The van der Waals surface area contributed by atoms with Crippen LogP contribution < -0.4 is 0 Å². The van der Waals surface area contributed by atoms with Crippen LogP contribution in [0.3, 0.4) is 0 Å². The zero-order chi connectivity index (χ0) is 17.0. The monoisotopic (exact) mass is 320 g/mol. The van der Waals surface area contributed by atoms with Crippen molar-refractivity contribution in [3.05, 3.63) is 0 Å². The molecule has 0 heterocycles. The summed E-state index contributed by atoms with van der Waals surface area (Å²) in [6.07, 6.45) is 4.19. The number of ether oxygens (including phenoxy) is 1. The molecule has 1 aliphatic carbocycles. The predicted octanol–water partition coefficient (Wildman–Crippen LogP) is 4.90. The molecule has 3 atom stereocenters. The molecule has 0 radical (unpaired) electrons. The lowest BCUT2D eigenvalue weighted by molar-refractivity contribution is -0.0779. The standard InChI is InChI=1S/C18H34F2O2/c1-13(2)14(3)6-7-17(8-9-17)22-11-16(5)15(4)10-18(19,20)12-21/h13-16,21H,6-12H2,1-5H3/t14-,15-,16?/m0/s1. The number of hydrogen-bond acceptors (Lipinski definition) is 2. The second-order valence-electron chi connectivity index (χ2n) is 7.93. The summed E-state index contributed by atoms with van der Waals surface area (Å²) < 4.78 is 32.6. The Kier molecular flexibility index (Phi) is 7.25. The molecule has 1 N–H and O–H groups in total. The maximum atomic E-state index is 13.2. The Morgan fingerprint density at radius 3 is 2.09 bits per heavy atom. The zero-order valence-corrected chi connectivity index (χ0v) is 14.9. The van der Waals surface area contributed by atoms with E-state index in [0.717, 1.165) is 19.3 Å². The second kappa shape index (κ2) is 8.05. The lowest BCUT2D eigenvalue weighted by Crippen LogP contribution is -2.29. The zero-order valence-electron chi connectivity index (χ0n) is 14.9. The van der Waals surface area contributed by atoms with Crippen LogP contribution in [0.5, 0.6) is 0 Å². The Labute approximate surface area is 134 Å². The van der Waals surface area contributed by atoms with Crippen LogP contribution in [0.2, 0.25) is 0 Å². The van der Waals surface area contributed by atoms with Gasteiger partial charge >= 0.3 is 0 Å². The molecule has 22 heavy (non-hydrogen) atoms. The van der Waals surface area contributed by atoms with Gasteiger partial charge in [-0.25, -0.2) is 8.78 Å². The third-order valence-corrected chi connectivity index (χ3v) is 5.48. The van der Waals surface area contributed by atoms with E-state index in [1.165, 1.54) is 6.42 Å². The Morgan fingerprint density at radius 2 is 1.64 bits per heavy atom. The summed E-state index contributed by atoms with van der Waals surface area (Å²) in [7, 11) is 0. The van der Waals surface area contributed by atoms with E-state index in [-0.39, 0.29) is 23.9 Å². The Bertz CT molecular complexity index is 327. The Balaban J connectivity index is 2.32. The molecule has 0 spiro atoms. The SMILES string of the molecule is CC(C)[C@@H](C)CCC1(OCC(C)[C@@H](C)CC(F)(F)CO)CC1. The first-order chi connectivity index (χ1) is 10.1. The van der Waals surface area contributed by atoms with Crippen molar-refractivity contribution in [2.45, 2.75) is 78.2 Å². The Morgan fingerprint density at radius 1 is 1.05 bits per heavy atom. The van der Waals surface area contributed by atoms with Gasteiger partial charge in [0, 0.05) is 6.42 Å².